The summed E-state index contributed by atoms with van der Waals surface area (Å²) >= 11 is 0. The van der Waals surface area contributed by atoms with Crippen molar-refractivity contribution in [1.82, 2.24) is 5.16 Å². The molecule has 1 aliphatic rings. The summed E-state index contributed by atoms with van der Waals surface area (Å²) in [5, 5.41) is 6.05. The van der Waals surface area contributed by atoms with Gasteiger partial charge >= 0.3 is 5.97 Å². The molecular formula is C23H19N3O6. The first-order valence-corrected chi connectivity index (χ1v) is 9.75. The average Bonchev–Trinajstić information content (AvgIpc) is 3.28. The highest BCUT2D eigenvalue weighted by molar-refractivity contribution is 6.35. The largest absolute Gasteiger partial charge is 0.452 e. The average molecular weight is 433 g/mol. The number of esters is 1. The van der Waals surface area contributed by atoms with E-state index in [0.29, 0.717) is 11.4 Å². The van der Waals surface area contributed by atoms with Crippen LogP contribution in [0, 0.1) is 20.8 Å². The van der Waals surface area contributed by atoms with Gasteiger partial charge in [0.25, 0.3) is 17.7 Å². The number of amides is 3. The minimum Gasteiger partial charge on any atom is -0.452 e. The Kier molecular flexibility index (Phi) is 5.31. The van der Waals surface area contributed by atoms with Crippen LogP contribution in [-0.4, -0.2) is 35.5 Å². The summed E-state index contributed by atoms with van der Waals surface area (Å²) in [5.74, 6) is -1.65. The number of benzene rings is 2. The van der Waals surface area contributed by atoms with Gasteiger partial charge in [-0.1, -0.05) is 17.3 Å². The van der Waals surface area contributed by atoms with Gasteiger partial charge in [0.05, 0.1) is 22.4 Å². The molecule has 0 atom stereocenters. The first-order valence-electron chi connectivity index (χ1n) is 9.75. The Labute approximate surface area is 182 Å². The van der Waals surface area contributed by atoms with Crippen molar-refractivity contribution in [2.24, 2.45) is 0 Å². The van der Waals surface area contributed by atoms with Gasteiger partial charge in [0, 0.05) is 6.07 Å². The summed E-state index contributed by atoms with van der Waals surface area (Å²) < 4.78 is 9.86. The van der Waals surface area contributed by atoms with E-state index in [0.717, 1.165) is 16.0 Å². The zero-order valence-corrected chi connectivity index (χ0v) is 17.6. The van der Waals surface area contributed by atoms with Crippen LogP contribution < -0.4 is 10.2 Å². The smallest absolute Gasteiger partial charge is 0.338 e. The van der Waals surface area contributed by atoms with Gasteiger partial charge in [-0.05, 0) is 56.2 Å². The van der Waals surface area contributed by atoms with E-state index in [9.17, 15) is 19.2 Å². The second-order valence-electron chi connectivity index (χ2n) is 7.44. The molecule has 0 aliphatic carbocycles. The van der Waals surface area contributed by atoms with Crippen LogP contribution in [0.5, 0.6) is 0 Å². The summed E-state index contributed by atoms with van der Waals surface area (Å²) in [6, 6.07) is 11.1. The number of carbonyl (C=O) groups excluding carboxylic acids is 4. The number of aromatic nitrogens is 1. The van der Waals surface area contributed by atoms with E-state index >= 15 is 0 Å². The van der Waals surface area contributed by atoms with Crippen LogP contribution in [-0.2, 0) is 9.53 Å². The van der Waals surface area contributed by atoms with Crippen LogP contribution in [0.4, 0.5) is 11.5 Å². The Balaban J connectivity index is 1.49. The lowest BCUT2D eigenvalue weighted by Crippen LogP contribution is -2.30. The summed E-state index contributed by atoms with van der Waals surface area (Å²) in [6.45, 7) is 4.80. The number of fused-ring (bicyclic) bond motifs is 1. The molecule has 3 aromatic rings. The fraction of sp³-hybridized carbons (Fsp3) is 0.174. The van der Waals surface area contributed by atoms with Crippen LogP contribution in [0.15, 0.2) is 47.0 Å². The van der Waals surface area contributed by atoms with Crippen LogP contribution in [0.3, 0.4) is 0 Å². The minimum absolute atomic E-state index is 0.0535. The molecule has 0 saturated carbocycles. The molecule has 3 amide bonds. The van der Waals surface area contributed by atoms with Crippen molar-refractivity contribution in [2.75, 3.05) is 16.8 Å². The summed E-state index contributed by atoms with van der Waals surface area (Å²) in [6.07, 6.45) is 0. The molecular weight excluding hydrogens is 414 g/mol. The van der Waals surface area contributed by atoms with Gasteiger partial charge in [0.2, 0.25) is 0 Å². The van der Waals surface area contributed by atoms with Gasteiger partial charge in [-0.3, -0.25) is 14.4 Å². The first-order chi connectivity index (χ1) is 15.2. The molecule has 0 spiro atoms. The number of ether oxygens (including phenoxy) is 1. The number of carbonyl (C=O) groups is 4. The van der Waals surface area contributed by atoms with E-state index in [2.05, 4.69) is 10.5 Å². The second-order valence-corrected chi connectivity index (χ2v) is 7.44. The maximum absolute atomic E-state index is 13.0. The SMILES string of the molecule is Cc1ccc(C)c(N2C(=O)c3ccc(C(=O)OCC(=O)Nc4cc(C)on4)cc3C2=O)c1. The van der Waals surface area contributed by atoms with E-state index in [4.69, 9.17) is 9.26 Å². The fourth-order valence-electron chi connectivity index (χ4n) is 3.37. The van der Waals surface area contributed by atoms with Crippen molar-refractivity contribution in [3.8, 4) is 0 Å². The maximum atomic E-state index is 13.0. The monoisotopic (exact) mass is 433 g/mol. The standard InChI is InChI=1S/C23H19N3O6/c1-12-4-5-13(2)18(8-12)26-21(28)16-7-6-15(10-17(16)22(26)29)23(30)31-11-20(27)24-19-9-14(3)32-25-19/h4-10H,11H2,1-3H3,(H,24,25,27). The van der Waals surface area contributed by atoms with Crippen LogP contribution in [0.25, 0.3) is 0 Å². The number of imide groups is 1. The zero-order valence-electron chi connectivity index (χ0n) is 17.6. The van der Waals surface area contributed by atoms with Crippen molar-refractivity contribution in [2.45, 2.75) is 20.8 Å². The number of nitrogens with zero attached hydrogens (tertiary/aromatic N) is 2. The molecule has 162 valence electrons. The predicted octanol–water partition coefficient (Wildman–Crippen LogP) is 3.20. The molecule has 9 heteroatoms. The lowest BCUT2D eigenvalue weighted by atomic mass is 10.1. The Morgan fingerprint density at radius 2 is 1.75 bits per heavy atom. The van der Waals surface area contributed by atoms with Crippen molar-refractivity contribution < 1.29 is 28.4 Å². The Hall–Kier alpha value is -4.27. The molecule has 2 aromatic carbocycles. The van der Waals surface area contributed by atoms with E-state index in [1.54, 1.807) is 13.0 Å². The van der Waals surface area contributed by atoms with Gasteiger partial charge < -0.3 is 14.6 Å². The van der Waals surface area contributed by atoms with E-state index in [-0.39, 0.29) is 22.5 Å². The Morgan fingerprint density at radius 3 is 2.47 bits per heavy atom. The molecule has 32 heavy (non-hydrogen) atoms. The third kappa shape index (κ3) is 3.87. The summed E-state index contributed by atoms with van der Waals surface area (Å²) in [5.41, 5.74) is 2.54. The lowest BCUT2D eigenvalue weighted by Gasteiger charge is -2.17. The van der Waals surface area contributed by atoms with Gasteiger partial charge in [-0.25, -0.2) is 9.69 Å². The molecule has 1 N–H and O–H groups in total. The van der Waals surface area contributed by atoms with Gasteiger partial charge in [-0.15, -0.1) is 0 Å². The van der Waals surface area contributed by atoms with Gasteiger partial charge in [0.1, 0.15) is 5.76 Å². The molecule has 0 saturated heterocycles. The maximum Gasteiger partial charge on any atom is 0.338 e. The molecule has 1 aliphatic heterocycles. The first kappa shape index (κ1) is 21.0. The molecule has 0 unspecified atom stereocenters. The number of hydrogen-bond acceptors (Lipinski definition) is 7. The normalized spacial score (nSPS) is 12.7. The van der Waals surface area contributed by atoms with Crippen molar-refractivity contribution in [3.63, 3.8) is 0 Å². The van der Waals surface area contributed by atoms with Crippen molar-refractivity contribution >= 4 is 35.2 Å². The van der Waals surface area contributed by atoms with Crippen molar-refractivity contribution in [1.29, 1.82) is 0 Å². The van der Waals surface area contributed by atoms with E-state index < -0.39 is 30.3 Å². The molecule has 0 bridgehead atoms. The van der Waals surface area contributed by atoms with E-state index in [1.165, 1.54) is 24.3 Å². The summed E-state index contributed by atoms with van der Waals surface area (Å²) in [4.78, 5) is 51.3. The zero-order chi connectivity index (χ0) is 23.0. The second kappa shape index (κ2) is 8.10. The fourth-order valence-corrected chi connectivity index (χ4v) is 3.37. The molecule has 0 fully saturated rings. The lowest BCUT2D eigenvalue weighted by molar-refractivity contribution is -0.119. The highest BCUT2D eigenvalue weighted by atomic mass is 16.5. The Bertz CT molecular complexity index is 1280. The third-order valence-electron chi connectivity index (χ3n) is 4.96. The number of nitrogens with one attached hydrogen (secondary N) is 1. The minimum atomic E-state index is -0.801. The number of anilines is 2. The van der Waals surface area contributed by atoms with Gasteiger partial charge in [0.15, 0.2) is 12.4 Å². The third-order valence-corrected chi connectivity index (χ3v) is 4.96. The Morgan fingerprint density at radius 1 is 1.00 bits per heavy atom. The number of rotatable bonds is 5. The van der Waals surface area contributed by atoms with E-state index in [1.807, 2.05) is 26.0 Å². The number of aryl methyl sites for hydroxylation is 3. The highest BCUT2D eigenvalue weighted by Crippen LogP contribution is 2.31. The number of hydrogen-bond donors (Lipinski definition) is 1. The molecule has 1 aromatic heterocycles. The van der Waals surface area contributed by atoms with Gasteiger partial charge in [-0.2, -0.15) is 0 Å². The molecule has 0 radical (unpaired) electrons. The molecule has 2 heterocycles. The van der Waals surface area contributed by atoms with Crippen LogP contribution in [0.1, 0.15) is 48.0 Å². The molecule has 4 rings (SSSR count). The highest BCUT2D eigenvalue weighted by Gasteiger charge is 2.38. The van der Waals surface area contributed by atoms with Crippen molar-refractivity contribution in [3.05, 3.63) is 76.0 Å². The van der Waals surface area contributed by atoms with Crippen LogP contribution in [0.2, 0.25) is 0 Å². The quantitative estimate of drug-likeness (QED) is 0.485. The topological polar surface area (TPSA) is 119 Å². The van der Waals surface area contributed by atoms with Crippen LogP contribution >= 0.6 is 0 Å². The predicted molar refractivity (Wildman–Crippen MR) is 114 cm³/mol. The summed E-state index contributed by atoms with van der Waals surface area (Å²) in [7, 11) is 0. The molecule has 9 nitrogen and oxygen atoms in total.